The van der Waals surface area contributed by atoms with Crippen LogP contribution in [0.5, 0.6) is 0 Å². The fraction of sp³-hybridized carbons (Fsp3) is 0.462. The second kappa shape index (κ2) is 4.40. The van der Waals surface area contributed by atoms with E-state index < -0.39 is 5.60 Å². The van der Waals surface area contributed by atoms with Gasteiger partial charge >= 0.3 is 0 Å². The lowest BCUT2D eigenvalue weighted by atomic mass is 9.92. The Hall–Kier alpha value is -1.79. The van der Waals surface area contributed by atoms with Crippen LogP contribution in [0.25, 0.3) is 10.9 Å². The lowest BCUT2D eigenvalue weighted by Gasteiger charge is -2.25. The van der Waals surface area contributed by atoms with Crippen LogP contribution >= 0.6 is 0 Å². The molecule has 3 heterocycles. The number of hydrogen-bond acceptors (Lipinski definition) is 5. The van der Waals surface area contributed by atoms with E-state index in [0.717, 1.165) is 5.39 Å². The summed E-state index contributed by atoms with van der Waals surface area (Å²) in [5.41, 5.74) is 0.283. The Balaban J connectivity index is 2.35. The maximum atomic E-state index is 12.2. The van der Waals surface area contributed by atoms with E-state index in [1.165, 1.54) is 0 Å². The highest BCUT2D eigenvalue weighted by molar-refractivity contribution is 5.80. The third kappa shape index (κ3) is 1.84. The molecule has 100 valence electrons. The summed E-state index contributed by atoms with van der Waals surface area (Å²) in [4.78, 5) is 23.5. The van der Waals surface area contributed by atoms with E-state index in [4.69, 9.17) is 9.47 Å². The highest BCUT2D eigenvalue weighted by Crippen LogP contribution is 2.34. The molecule has 0 bridgehead atoms. The van der Waals surface area contributed by atoms with E-state index in [2.05, 4.69) is 15.0 Å². The minimum absolute atomic E-state index is 0.182. The van der Waals surface area contributed by atoms with Crippen LogP contribution < -0.4 is 5.56 Å². The van der Waals surface area contributed by atoms with Gasteiger partial charge in [0.05, 0.1) is 17.7 Å². The Morgan fingerprint density at radius 3 is 3.05 bits per heavy atom. The van der Waals surface area contributed by atoms with Gasteiger partial charge in [0.1, 0.15) is 11.4 Å². The summed E-state index contributed by atoms with van der Waals surface area (Å²) in [5, 5.41) is 0.795. The van der Waals surface area contributed by atoms with Gasteiger partial charge in [0, 0.05) is 37.9 Å². The summed E-state index contributed by atoms with van der Waals surface area (Å²) in [5.74, 6) is 0.629. The Bertz CT molecular complexity index is 674. The third-order valence-electron chi connectivity index (χ3n) is 3.59. The molecule has 0 aromatic carbocycles. The van der Waals surface area contributed by atoms with Gasteiger partial charge in [-0.1, -0.05) is 0 Å². The number of ether oxygens (including phenoxy) is 2. The number of aromatic amines is 1. The third-order valence-corrected chi connectivity index (χ3v) is 3.59. The minimum Gasteiger partial charge on any atom is -0.378 e. The van der Waals surface area contributed by atoms with Crippen LogP contribution in [-0.4, -0.2) is 35.3 Å². The lowest BCUT2D eigenvalue weighted by Crippen LogP contribution is -2.36. The molecule has 6 nitrogen and oxygen atoms in total. The van der Waals surface area contributed by atoms with Gasteiger partial charge in [0.15, 0.2) is 0 Å². The van der Waals surface area contributed by atoms with E-state index in [-0.39, 0.29) is 5.56 Å². The lowest BCUT2D eigenvalue weighted by molar-refractivity contribution is -0.0213. The number of pyridine rings is 1. The number of rotatable bonds is 2. The summed E-state index contributed by atoms with van der Waals surface area (Å²) in [6, 6.07) is 0. The zero-order valence-electron chi connectivity index (χ0n) is 10.9. The second-order valence-electron chi connectivity index (χ2n) is 4.71. The number of fused-ring (bicyclic) bond motifs is 1. The quantitative estimate of drug-likeness (QED) is 0.868. The number of H-pyrrole nitrogens is 1. The molecule has 1 N–H and O–H groups in total. The van der Waals surface area contributed by atoms with Crippen molar-refractivity contribution in [3.8, 4) is 0 Å². The van der Waals surface area contributed by atoms with Crippen molar-refractivity contribution in [3.05, 3.63) is 34.1 Å². The van der Waals surface area contributed by atoms with Gasteiger partial charge in [0.2, 0.25) is 0 Å². The molecule has 0 saturated carbocycles. The van der Waals surface area contributed by atoms with Gasteiger partial charge in [-0.2, -0.15) is 0 Å². The largest absolute Gasteiger partial charge is 0.378 e. The van der Waals surface area contributed by atoms with Crippen LogP contribution in [-0.2, 0) is 15.1 Å². The van der Waals surface area contributed by atoms with Crippen molar-refractivity contribution in [1.29, 1.82) is 0 Å². The van der Waals surface area contributed by atoms with Gasteiger partial charge in [-0.25, -0.2) is 9.97 Å². The van der Waals surface area contributed by atoms with Crippen LogP contribution in [0, 0.1) is 6.92 Å². The molecule has 0 aliphatic carbocycles. The zero-order chi connectivity index (χ0) is 13.5. The molecule has 6 heteroatoms. The fourth-order valence-corrected chi connectivity index (χ4v) is 2.54. The maximum absolute atomic E-state index is 12.2. The summed E-state index contributed by atoms with van der Waals surface area (Å²) in [7, 11) is 1.60. The number of nitrogens with one attached hydrogen (secondary N) is 1. The molecule has 0 spiro atoms. The van der Waals surface area contributed by atoms with Crippen molar-refractivity contribution in [2.75, 3.05) is 20.3 Å². The van der Waals surface area contributed by atoms with Gasteiger partial charge in [-0.15, -0.1) is 0 Å². The van der Waals surface area contributed by atoms with E-state index >= 15 is 0 Å². The second-order valence-corrected chi connectivity index (χ2v) is 4.71. The van der Waals surface area contributed by atoms with Crippen LogP contribution in [0.4, 0.5) is 0 Å². The standard InChI is InChI=1S/C13H15N3O3/c1-8-14-5-9-6-15-12(17)10(11(9)16-8)13(18-2)3-4-19-7-13/h5-6H,3-4,7H2,1-2H3,(H,15,17). The summed E-state index contributed by atoms with van der Waals surface area (Å²) >= 11 is 0. The molecule has 19 heavy (non-hydrogen) atoms. The van der Waals surface area contributed by atoms with E-state index in [0.29, 0.717) is 36.5 Å². The molecule has 1 aliphatic heterocycles. The fourth-order valence-electron chi connectivity index (χ4n) is 2.54. The summed E-state index contributed by atoms with van der Waals surface area (Å²) < 4.78 is 11.0. The number of hydrogen-bond donors (Lipinski definition) is 1. The Kier molecular flexibility index (Phi) is 2.83. The normalized spacial score (nSPS) is 23.1. The van der Waals surface area contributed by atoms with Crippen LogP contribution in [0.1, 0.15) is 17.8 Å². The van der Waals surface area contributed by atoms with Gasteiger partial charge in [-0.05, 0) is 6.92 Å². The average molecular weight is 261 g/mol. The van der Waals surface area contributed by atoms with E-state index in [1.807, 2.05) is 0 Å². The van der Waals surface area contributed by atoms with Gasteiger partial charge < -0.3 is 14.5 Å². The topological polar surface area (TPSA) is 77.1 Å². The van der Waals surface area contributed by atoms with Crippen molar-refractivity contribution in [1.82, 2.24) is 15.0 Å². The smallest absolute Gasteiger partial charge is 0.256 e. The van der Waals surface area contributed by atoms with Crippen LogP contribution in [0.3, 0.4) is 0 Å². The summed E-state index contributed by atoms with van der Waals surface area (Å²) in [6.07, 6.45) is 3.98. The van der Waals surface area contributed by atoms with Crippen LogP contribution in [0.2, 0.25) is 0 Å². The van der Waals surface area contributed by atoms with Crippen LogP contribution in [0.15, 0.2) is 17.2 Å². The molecular weight excluding hydrogens is 246 g/mol. The number of nitrogens with zero attached hydrogens (tertiary/aromatic N) is 2. The van der Waals surface area contributed by atoms with E-state index in [1.54, 1.807) is 26.4 Å². The predicted octanol–water partition coefficient (Wildman–Crippen LogP) is 0.889. The Morgan fingerprint density at radius 2 is 2.37 bits per heavy atom. The minimum atomic E-state index is -0.714. The van der Waals surface area contributed by atoms with Crippen molar-refractivity contribution in [3.63, 3.8) is 0 Å². The monoisotopic (exact) mass is 261 g/mol. The van der Waals surface area contributed by atoms with Crippen molar-refractivity contribution >= 4 is 10.9 Å². The summed E-state index contributed by atoms with van der Waals surface area (Å²) in [6.45, 7) is 2.75. The Morgan fingerprint density at radius 1 is 1.53 bits per heavy atom. The molecule has 1 unspecified atom stereocenters. The molecule has 3 rings (SSSR count). The molecule has 1 fully saturated rings. The number of aryl methyl sites for hydroxylation is 1. The molecule has 0 amide bonds. The highest BCUT2D eigenvalue weighted by atomic mass is 16.5. The molecule has 1 saturated heterocycles. The maximum Gasteiger partial charge on any atom is 0.256 e. The van der Waals surface area contributed by atoms with Crippen molar-refractivity contribution in [2.24, 2.45) is 0 Å². The average Bonchev–Trinajstić information content (AvgIpc) is 2.88. The predicted molar refractivity (Wildman–Crippen MR) is 69.0 cm³/mol. The first-order valence-corrected chi connectivity index (χ1v) is 6.15. The number of aromatic nitrogens is 3. The van der Waals surface area contributed by atoms with E-state index in [9.17, 15) is 4.79 Å². The SMILES string of the molecule is COC1(c2c(=O)[nH]cc3cnc(C)nc23)CCOC1. The molecule has 1 atom stereocenters. The van der Waals surface area contributed by atoms with Gasteiger partial charge in [-0.3, -0.25) is 4.79 Å². The first-order valence-electron chi connectivity index (χ1n) is 6.15. The first-order chi connectivity index (χ1) is 9.16. The van der Waals surface area contributed by atoms with Crippen molar-refractivity contribution < 1.29 is 9.47 Å². The zero-order valence-corrected chi connectivity index (χ0v) is 10.9. The van der Waals surface area contributed by atoms with Gasteiger partial charge in [0.25, 0.3) is 5.56 Å². The molecule has 1 aliphatic rings. The number of methoxy groups -OCH3 is 1. The highest BCUT2D eigenvalue weighted by Gasteiger charge is 2.41. The molecule has 2 aromatic rings. The molecule has 0 radical (unpaired) electrons. The molecular formula is C13H15N3O3. The van der Waals surface area contributed by atoms with Crippen molar-refractivity contribution in [2.45, 2.75) is 18.9 Å². The Labute approximate surface area is 109 Å². The molecule has 2 aromatic heterocycles. The first kappa shape index (κ1) is 12.3.